The monoisotopic (exact) mass is 244 g/mol. The van der Waals surface area contributed by atoms with E-state index in [2.05, 4.69) is 15.2 Å². The number of nitrogens with zero attached hydrogens (tertiary/aromatic N) is 2. The number of aliphatic imine (C=N–C) groups is 1. The maximum atomic E-state index is 11.4. The number of hydrogen-bond acceptors (Lipinski definition) is 3. The van der Waals surface area contributed by atoms with Crippen molar-refractivity contribution in [3.8, 4) is 0 Å². The molecule has 0 aliphatic heterocycles. The Morgan fingerprint density at radius 3 is 2.78 bits per heavy atom. The van der Waals surface area contributed by atoms with Crippen molar-refractivity contribution >= 4 is 11.9 Å². The number of carbonyl (C=O) groups excluding carboxylic acids is 1. The van der Waals surface area contributed by atoms with E-state index in [1.54, 1.807) is 6.07 Å². The zero-order valence-corrected chi connectivity index (χ0v) is 9.54. The number of nitrogens with two attached hydrogens (primary N) is 1. The maximum Gasteiger partial charge on any atom is 0.435 e. The topological polar surface area (TPSA) is 93.4 Å². The van der Waals surface area contributed by atoms with Crippen LogP contribution in [-0.2, 0) is 11.3 Å². The fourth-order valence-electron chi connectivity index (χ4n) is 1.31. The predicted octanol–water partition coefficient (Wildman–Crippen LogP) is 1.45. The first kappa shape index (κ1) is 11.8. The molecule has 2 rings (SSSR count). The molecule has 0 aliphatic carbocycles. The Kier molecular flexibility index (Phi) is 3.70. The molecule has 1 aromatic heterocycles. The zero-order valence-electron chi connectivity index (χ0n) is 9.54. The van der Waals surface area contributed by atoms with Crippen LogP contribution in [0.5, 0.6) is 0 Å². The van der Waals surface area contributed by atoms with Crippen molar-refractivity contribution < 1.29 is 9.53 Å². The smallest absolute Gasteiger partial charge is 0.435 e. The van der Waals surface area contributed by atoms with Gasteiger partial charge in [0.2, 0.25) is 0 Å². The Bertz CT molecular complexity index is 534. The number of ether oxygens (including phenoxy) is 1. The zero-order chi connectivity index (χ0) is 12.8. The molecular weight excluding hydrogens is 232 g/mol. The Labute approximate surface area is 103 Å². The first-order valence-corrected chi connectivity index (χ1v) is 5.30. The van der Waals surface area contributed by atoms with E-state index in [1.807, 2.05) is 30.3 Å². The molecule has 0 fully saturated rings. The van der Waals surface area contributed by atoms with Crippen LogP contribution in [0.3, 0.4) is 0 Å². The van der Waals surface area contributed by atoms with Gasteiger partial charge in [0.1, 0.15) is 12.3 Å². The van der Waals surface area contributed by atoms with Gasteiger partial charge in [-0.05, 0) is 11.6 Å². The summed E-state index contributed by atoms with van der Waals surface area (Å²) in [6.07, 6.45) is 0.790. The Balaban J connectivity index is 1.91. The highest BCUT2D eigenvalue weighted by atomic mass is 16.5. The summed E-state index contributed by atoms with van der Waals surface area (Å²) in [5.74, 6) is 0.0468. The fourth-order valence-corrected chi connectivity index (χ4v) is 1.31. The van der Waals surface area contributed by atoms with Crippen molar-refractivity contribution in [2.75, 3.05) is 0 Å². The van der Waals surface area contributed by atoms with Crippen molar-refractivity contribution in [1.29, 1.82) is 0 Å². The van der Waals surface area contributed by atoms with Crippen LogP contribution in [0.25, 0.3) is 0 Å². The van der Waals surface area contributed by atoms with Crippen molar-refractivity contribution in [3.63, 3.8) is 0 Å². The SMILES string of the molecule is NC(=NC(=O)OCc1ccccc1)c1ccn[nH]1. The van der Waals surface area contributed by atoms with Gasteiger partial charge in [0, 0.05) is 6.20 Å². The molecule has 1 heterocycles. The van der Waals surface area contributed by atoms with Crippen LogP contribution < -0.4 is 5.73 Å². The van der Waals surface area contributed by atoms with E-state index >= 15 is 0 Å². The lowest BCUT2D eigenvalue weighted by Crippen LogP contribution is -2.16. The Morgan fingerprint density at radius 2 is 2.11 bits per heavy atom. The standard InChI is InChI=1S/C12H12N4O2/c13-11(10-6-7-14-16-10)15-12(17)18-8-9-4-2-1-3-5-9/h1-7H,8H2,(H,14,16)(H2,13,15,17). The van der Waals surface area contributed by atoms with Crippen molar-refractivity contribution in [2.24, 2.45) is 10.7 Å². The van der Waals surface area contributed by atoms with E-state index < -0.39 is 6.09 Å². The average molecular weight is 244 g/mol. The van der Waals surface area contributed by atoms with Gasteiger partial charge in [-0.15, -0.1) is 0 Å². The third-order valence-electron chi connectivity index (χ3n) is 2.19. The number of benzene rings is 1. The van der Waals surface area contributed by atoms with Crippen LogP contribution in [0, 0.1) is 0 Å². The minimum Gasteiger partial charge on any atom is -0.443 e. The number of hydrogen-bond donors (Lipinski definition) is 2. The molecule has 6 nitrogen and oxygen atoms in total. The van der Waals surface area contributed by atoms with E-state index in [9.17, 15) is 4.79 Å². The molecule has 0 aliphatic rings. The van der Waals surface area contributed by atoms with Crippen LogP contribution in [0.4, 0.5) is 4.79 Å². The van der Waals surface area contributed by atoms with Gasteiger partial charge < -0.3 is 10.5 Å². The largest absolute Gasteiger partial charge is 0.443 e. The first-order valence-electron chi connectivity index (χ1n) is 5.30. The molecule has 0 bridgehead atoms. The van der Waals surface area contributed by atoms with E-state index in [0.29, 0.717) is 5.69 Å². The second-order valence-electron chi connectivity index (χ2n) is 3.51. The van der Waals surface area contributed by atoms with Crippen LogP contribution in [0.15, 0.2) is 47.6 Å². The molecule has 1 amide bonds. The second kappa shape index (κ2) is 5.62. The lowest BCUT2D eigenvalue weighted by atomic mass is 10.2. The van der Waals surface area contributed by atoms with E-state index in [4.69, 9.17) is 10.5 Å². The summed E-state index contributed by atoms with van der Waals surface area (Å²) in [4.78, 5) is 15.0. The van der Waals surface area contributed by atoms with Gasteiger partial charge in [0.25, 0.3) is 0 Å². The van der Waals surface area contributed by atoms with Gasteiger partial charge in [0.05, 0.1) is 0 Å². The number of aromatic nitrogens is 2. The van der Waals surface area contributed by atoms with Gasteiger partial charge in [-0.3, -0.25) is 5.10 Å². The molecule has 0 spiro atoms. The van der Waals surface area contributed by atoms with Crippen LogP contribution >= 0.6 is 0 Å². The van der Waals surface area contributed by atoms with Gasteiger partial charge in [0.15, 0.2) is 5.84 Å². The lowest BCUT2D eigenvalue weighted by molar-refractivity contribution is 0.151. The summed E-state index contributed by atoms with van der Waals surface area (Å²) in [7, 11) is 0. The second-order valence-corrected chi connectivity index (χ2v) is 3.51. The molecule has 3 N–H and O–H groups in total. The van der Waals surface area contributed by atoms with Crippen LogP contribution in [0.2, 0.25) is 0 Å². The van der Waals surface area contributed by atoms with Crippen molar-refractivity contribution in [3.05, 3.63) is 53.9 Å². The minimum atomic E-state index is -0.731. The van der Waals surface area contributed by atoms with E-state index in [-0.39, 0.29) is 12.4 Å². The molecule has 0 radical (unpaired) electrons. The molecule has 0 saturated heterocycles. The molecule has 18 heavy (non-hydrogen) atoms. The van der Waals surface area contributed by atoms with Crippen LogP contribution in [-0.4, -0.2) is 22.1 Å². The van der Waals surface area contributed by atoms with E-state index in [0.717, 1.165) is 5.56 Å². The normalized spacial score (nSPS) is 11.2. The summed E-state index contributed by atoms with van der Waals surface area (Å²) in [6, 6.07) is 10.9. The van der Waals surface area contributed by atoms with Crippen LogP contribution in [0.1, 0.15) is 11.3 Å². The third kappa shape index (κ3) is 3.18. The molecule has 6 heteroatoms. The maximum absolute atomic E-state index is 11.4. The molecular formula is C12H12N4O2. The van der Waals surface area contributed by atoms with Crippen molar-refractivity contribution in [2.45, 2.75) is 6.61 Å². The van der Waals surface area contributed by atoms with Gasteiger partial charge in [-0.1, -0.05) is 30.3 Å². The summed E-state index contributed by atoms with van der Waals surface area (Å²) in [6.45, 7) is 0.166. The summed E-state index contributed by atoms with van der Waals surface area (Å²) in [5.41, 5.74) is 6.96. The highest BCUT2D eigenvalue weighted by Gasteiger charge is 2.05. The number of carbonyl (C=O) groups is 1. The highest BCUT2D eigenvalue weighted by molar-refractivity contribution is 6.01. The Hall–Kier alpha value is -2.63. The summed E-state index contributed by atoms with van der Waals surface area (Å²) >= 11 is 0. The number of aromatic amines is 1. The number of rotatable bonds is 3. The molecule has 0 atom stereocenters. The summed E-state index contributed by atoms with van der Waals surface area (Å²) < 4.78 is 4.96. The van der Waals surface area contributed by atoms with Crippen molar-refractivity contribution in [1.82, 2.24) is 10.2 Å². The predicted molar refractivity (Wildman–Crippen MR) is 65.9 cm³/mol. The van der Waals surface area contributed by atoms with Gasteiger partial charge in [-0.2, -0.15) is 10.1 Å². The third-order valence-corrected chi connectivity index (χ3v) is 2.19. The number of nitrogens with one attached hydrogen (secondary N) is 1. The number of amidine groups is 1. The minimum absolute atomic E-state index is 0.0468. The number of amides is 1. The lowest BCUT2D eigenvalue weighted by Gasteiger charge is -2.01. The molecule has 0 unspecified atom stereocenters. The fraction of sp³-hybridized carbons (Fsp3) is 0.0833. The quantitative estimate of drug-likeness (QED) is 0.631. The highest BCUT2D eigenvalue weighted by Crippen LogP contribution is 2.02. The van der Waals surface area contributed by atoms with Gasteiger partial charge in [-0.25, -0.2) is 4.79 Å². The average Bonchev–Trinajstić information content (AvgIpc) is 2.91. The Morgan fingerprint density at radius 1 is 1.33 bits per heavy atom. The molecule has 1 aromatic carbocycles. The molecule has 92 valence electrons. The van der Waals surface area contributed by atoms with E-state index in [1.165, 1.54) is 6.20 Å². The van der Waals surface area contributed by atoms with Gasteiger partial charge >= 0.3 is 6.09 Å². The summed E-state index contributed by atoms with van der Waals surface area (Å²) in [5, 5.41) is 6.31. The number of H-pyrrole nitrogens is 1. The first-order chi connectivity index (χ1) is 8.75. The molecule has 0 saturated carbocycles. The molecule has 2 aromatic rings.